The van der Waals surface area contributed by atoms with E-state index in [1.807, 2.05) is 57.1 Å². The molecule has 0 radical (unpaired) electrons. The molecule has 1 saturated heterocycles. The number of hydrogen-bond donors (Lipinski definition) is 0. The number of rotatable bonds is 8. The fourth-order valence-corrected chi connectivity index (χ4v) is 4.24. The molecular weight excluding hydrogens is 526 g/mol. The van der Waals surface area contributed by atoms with Gasteiger partial charge in [0.25, 0.3) is 5.91 Å². The quantitative estimate of drug-likeness (QED) is 0.439. The van der Waals surface area contributed by atoms with Gasteiger partial charge in [-0.05, 0) is 44.9 Å². The first-order valence-electron chi connectivity index (χ1n) is 12.5. The van der Waals surface area contributed by atoms with Gasteiger partial charge in [0, 0.05) is 44.4 Å². The van der Waals surface area contributed by atoms with Crippen LogP contribution in [0.5, 0.6) is 5.75 Å². The zero-order valence-corrected chi connectivity index (χ0v) is 22.7. The normalized spacial score (nSPS) is 17.0. The van der Waals surface area contributed by atoms with Gasteiger partial charge in [0.2, 0.25) is 0 Å². The molecule has 1 atom stereocenters. The van der Waals surface area contributed by atoms with Gasteiger partial charge in [0.15, 0.2) is 5.49 Å². The van der Waals surface area contributed by atoms with Crippen molar-refractivity contribution in [3.63, 3.8) is 0 Å². The van der Waals surface area contributed by atoms with Crippen LogP contribution in [0.1, 0.15) is 75.5 Å². The number of benzene rings is 1. The van der Waals surface area contributed by atoms with Gasteiger partial charge in [-0.15, -0.1) is 0 Å². The van der Waals surface area contributed by atoms with Crippen LogP contribution in [0.3, 0.4) is 0 Å². The van der Waals surface area contributed by atoms with Gasteiger partial charge in [-0.25, -0.2) is 0 Å². The van der Waals surface area contributed by atoms with E-state index in [1.165, 1.54) is 6.07 Å². The van der Waals surface area contributed by atoms with Crippen molar-refractivity contribution in [1.82, 2.24) is 9.36 Å². The summed E-state index contributed by atoms with van der Waals surface area (Å²) in [5.41, 5.74) is -0.623. The first-order chi connectivity index (χ1) is 17.1. The van der Waals surface area contributed by atoms with Gasteiger partial charge in [0.05, 0.1) is 36.0 Å². The van der Waals surface area contributed by atoms with Crippen LogP contribution in [0, 0.1) is 0 Å². The number of alkyl halides is 3. The van der Waals surface area contributed by atoms with Crippen molar-refractivity contribution in [3.05, 3.63) is 46.6 Å². The summed E-state index contributed by atoms with van der Waals surface area (Å²) in [5, 5.41) is 0. The van der Waals surface area contributed by atoms with E-state index in [1.54, 1.807) is 7.11 Å². The summed E-state index contributed by atoms with van der Waals surface area (Å²) in [6.45, 7) is 11.2. The number of aromatic nitrogens is 2. The van der Waals surface area contributed by atoms with E-state index >= 15 is 0 Å². The van der Waals surface area contributed by atoms with Gasteiger partial charge in [-0.1, -0.05) is 20.8 Å². The van der Waals surface area contributed by atoms with Gasteiger partial charge in [0.1, 0.15) is 5.75 Å². The third-order valence-electron chi connectivity index (χ3n) is 6.68. The van der Waals surface area contributed by atoms with Crippen molar-refractivity contribution in [2.45, 2.75) is 83.7 Å². The van der Waals surface area contributed by atoms with Crippen LogP contribution < -0.4 is 10.2 Å². The monoisotopic (exact) mass is 565 g/mol. The zero-order chi connectivity index (χ0) is 27.6. The molecule has 1 fully saturated rings. The molecule has 11 heteroatoms. The number of methoxy groups -OCH3 is 1. The molecule has 1 amide bonds. The molecule has 7 nitrogen and oxygen atoms in total. The van der Waals surface area contributed by atoms with E-state index in [2.05, 4.69) is 4.99 Å². The maximum atomic E-state index is 13.5. The first kappa shape index (κ1) is 33.3. The van der Waals surface area contributed by atoms with Crippen molar-refractivity contribution in [3.8, 4) is 5.75 Å². The van der Waals surface area contributed by atoms with E-state index in [4.69, 9.17) is 14.2 Å². The Labute approximate surface area is 265 Å². The van der Waals surface area contributed by atoms with E-state index in [0.29, 0.717) is 25.1 Å². The Morgan fingerprint density at radius 3 is 2.39 bits per heavy atom. The molecule has 0 saturated carbocycles. The summed E-state index contributed by atoms with van der Waals surface area (Å²) in [7, 11) is 3.46. The number of ether oxygens (including phenoxy) is 3. The van der Waals surface area contributed by atoms with Crippen LogP contribution in [-0.2, 0) is 34.7 Å². The van der Waals surface area contributed by atoms with Gasteiger partial charge < -0.3 is 14.2 Å². The standard InChI is InChI=1S/C27H38F3N3O4.K.H/c1-25(2,3)22-16-23(33(32(22)6)17-19-9-8-13-36-19)31-24(34)20-15-18(27(28,29)30)10-11-21(20)37-14-12-26(4,5)35-7;;/h10-11,15-16,19H,8-9,12-14,17H2,1-7H3;;/b31-23+;;/t19-;;/m1../s1. The molecule has 38 heavy (non-hydrogen) atoms. The van der Waals surface area contributed by atoms with Crippen LogP contribution in [0.4, 0.5) is 13.2 Å². The Morgan fingerprint density at radius 2 is 1.84 bits per heavy atom. The van der Waals surface area contributed by atoms with Crippen LogP contribution in [0.25, 0.3) is 0 Å². The summed E-state index contributed by atoms with van der Waals surface area (Å²) in [4.78, 5) is 17.7. The van der Waals surface area contributed by atoms with Gasteiger partial charge in [-0.2, -0.15) is 18.2 Å². The SMILES string of the molecule is COC(C)(C)CCOc1ccc(C(F)(F)F)cc1C(=O)/N=c1\cc(C(C)(C)C)n(C)n1C[C@H]1CCCO1.[KH]. The molecule has 1 aromatic carbocycles. The first-order valence-corrected chi connectivity index (χ1v) is 12.5. The van der Waals surface area contributed by atoms with Gasteiger partial charge >= 0.3 is 57.6 Å². The molecule has 0 spiro atoms. The summed E-state index contributed by atoms with van der Waals surface area (Å²) in [5.74, 6) is -0.759. The zero-order valence-electron chi connectivity index (χ0n) is 22.7. The number of halogens is 3. The maximum absolute atomic E-state index is 13.5. The Morgan fingerprint density at radius 1 is 1.16 bits per heavy atom. The summed E-state index contributed by atoms with van der Waals surface area (Å²) >= 11 is 0. The molecule has 1 aliphatic heterocycles. The summed E-state index contributed by atoms with van der Waals surface area (Å²) in [6.07, 6.45) is -2.31. The van der Waals surface area contributed by atoms with Crippen molar-refractivity contribution in [2.75, 3.05) is 20.3 Å². The second-order valence-corrected chi connectivity index (χ2v) is 11.1. The molecule has 0 N–H and O–H groups in total. The van der Waals surface area contributed by atoms with E-state index < -0.39 is 23.2 Å². The molecule has 208 valence electrons. The van der Waals surface area contributed by atoms with E-state index in [9.17, 15) is 18.0 Å². The van der Waals surface area contributed by atoms with Crippen LogP contribution in [-0.4, -0.2) is 98.7 Å². The molecule has 1 aliphatic rings. The van der Waals surface area contributed by atoms with Crippen molar-refractivity contribution < 1.29 is 32.2 Å². The molecule has 0 bridgehead atoms. The Bertz CT molecular complexity index is 1170. The minimum absolute atomic E-state index is 0. The number of carbonyl (C=O) groups is 1. The minimum atomic E-state index is -4.61. The molecule has 3 rings (SSSR count). The molecule has 0 aliphatic carbocycles. The van der Waals surface area contributed by atoms with Crippen LogP contribution in [0.15, 0.2) is 29.3 Å². The number of carbonyl (C=O) groups excluding carboxylic acids is 1. The van der Waals surface area contributed by atoms with Crippen molar-refractivity contribution in [2.24, 2.45) is 12.0 Å². The van der Waals surface area contributed by atoms with Crippen molar-refractivity contribution in [1.29, 1.82) is 0 Å². The predicted octanol–water partition coefficient (Wildman–Crippen LogP) is 4.61. The molecule has 2 heterocycles. The van der Waals surface area contributed by atoms with Gasteiger partial charge in [-0.3, -0.25) is 14.2 Å². The Balaban J connectivity index is 0.00000507. The van der Waals surface area contributed by atoms with E-state index in [-0.39, 0.29) is 80.8 Å². The van der Waals surface area contributed by atoms with Crippen LogP contribution in [0.2, 0.25) is 0 Å². The predicted molar refractivity (Wildman–Crippen MR) is 141 cm³/mol. The van der Waals surface area contributed by atoms with E-state index in [0.717, 1.165) is 30.7 Å². The Hall–Kier alpha value is -0.954. The second-order valence-electron chi connectivity index (χ2n) is 11.1. The van der Waals surface area contributed by atoms with Crippen molar-refractivity contribution >= 4 is 57.3 Å². The topological polar surface area (TPSA) is 67.0 Å². The number of amides is 1. The number of hydrogen-bond acceptors (Lipinski definition) is 4. The van der Waals surface area contributed by atoms with Crippen LogP contribution >= 0.6 is 0 Å². The molecule has 0 unspecified atom stereocenters. The molecular formula is C27H39F3KN3O4. The fourth-order valence-electron chi connectivity index (χ4n) is 4.24. The average molecular weight is 566 g/mol. The third kappa shape index (κ3) is 8.52. The molecule has 2 aromatic rings. The molecule has 1 aromatic heterocycles. The second kappa shape index (κ2) is 13.1. The fraction of sp³-hybridized carbons (Fsp3) is 0.630. The third-order valence-corrected chi connectivity index (χ3v) is 6.68. The summed E-state index contributed by atoms with van der Waals surface area (Å²) < 4.78 is 61.2. The number of nitrogens with zero attached hydrogens (tertiary/aromatic N) is 3. The summed E-state index contributed by atoms with van der Waals surface area (Å²) in [6, 6.07) is 4.70. The Kier molecular flexibility index (Phi) is 11.5. The average Bonchev–Trinajstić information content (AvgIpc) is 3.42.